The predicted octanol–water partition coefficient (Wildman–Crippen LogP) is 1.04. The average Bonchev–Trinajstić information content (AvgIpc) is 3.45. The van der Waals surface area contributed by atoms with Gasteiger partial charge >= 0.3 is 0 Å². The van der Waals surface area contributed by atoms with Crippen LogP contribution in [0.1, 0.15) is 22.1 Å². The molecule has 0 aliphatic carbocycles. The van der Waals surface area contributed by atoms with E-state index in [0.717, 1.165) is 11.3 Å². The summed E-state index contributed by atoms with van der Waals surface area (Å²) in [4.78, 5) is 28.6. The van der Waals surface area contributed by atoms with Gasteiger partial charge in [0.15, 0.2) is 0 Å². The van der Waals surface area contributed by atoms with Crippen LogP contribution >= 0.6 is 11.3 Å². The first-order valence-electron chi connectivity index (χ1n) is 9.36. The molecular formula is C19H18N8O2S. The van der Waals surface area contributed by atoms with E-state index in [9.17, 15) is 9.59 Å². The Balaban J connectivity index is 1.31. The molecule has 0 radical (unpaired) electrons. The van der Waals surface area contributed by atoms with Crippen LogP contribution in [0.15, 0.2) is 52.5 Å². The van der Waals surface area contributed by atoms with E-state index in [1.54, 1.807) is 35.2 Å². The van der Waals surface area contributed by atoms with Gasteiger partial charge in [0.2, 0.25) is 0 Å². The first kappa shape index (κ1) is 18.4. The van der Waals surface area contributed by atoms with Crippen molar-refractivity contribution in [2.75, 3.05) is 13.1 Å². The number of hydrogen-bond donors (Lipinski definition) is 0. The average molecular weight is 422 g/mol. The molecule has 4 aromatic heterocycles. The minimum Gasteiger partial charge on any atom is -0.334 e. The van der Waals surface area contributed by atoms with Crippen molar-refractivity contribution in [1.82, 2.24) is 39.5 Å². The van der Waals surface area contributed by atoms with Crippen molar-refractivity contribution in [3.8, 4) is 11.1 Å². The summed E-state index contributed by atoms with van der Waals surface area (Å²) < 4.78 is 3.22. The number of thiophene rings is 1. The van der Waals surface area contributed by atoms with E-state index < -0.39 is 0 Å². The Morgan fingerprint density at radius 2 is 2.03 bits per heavy atom. The number of amides is 1. The minimum atomic E-state index is -0.143. The highest BCUT2D eigenvalue weighted by Crippen LogP contribution is 2.29. The number of aryl methyl sites for hydroxylation is 1. The second kappa shape index (κ2) is 7.34. The van der Waals surface area contributed by atoms with Crippen LogP contribution in [0.5, 0.6) is 0 Å². The molecule has 1 aliphatic rings. The maximum atomic E-state index is 13.1. The normalized spacial score (nSPS) is 14.1. The topological polar surface area (TPSA) is 104 Å². The second-order valence-corrected chi connectivity index (χ2v) is 7.96. The monoisotopic (exact) mass is 422 g/mol. The van der Waals surface area contributed by atoms with Crippen LogP contribution < -0.4 is 5.56 Å². The largest absolute Gasteiger partial charge is 0.334 e. The molecular weight excluding hydrogens is 404 g/mol. The molecule has 0 aromatic carbocycles. The molecule has 0 N–H and O–H groups in total. The molecule has 11 heteroatoms. The van der Waals surface area contributed by atoms with Gasteiger partial charge in [-0.05, 0) is 22.4 Å². The molecule has 4 aromatic rings. The summed E-state index contributed by atoms with van der Waals surface area (Å²) in [6.45, 7) is 1.52. The van der Waals surface area contributed by atoms with Crippen LogP contribution in [-0.2, 0) is 13.6 Å². The van der Waals surface area contributed by atoms with Gasteiger partial charge in [-0.15, -0.1) is 5.10 Å². The Morgan fingerprint density at radius 1 is 1.23 bits per heavy atom. The quantitative estimate of drug-likeness (QED) is 0.476. The van der Waals surface area contributed by atoms with Crippen molar-refractivity contribution in [3.63, 3.8) is 0 Å². The second-order valence-electron chi connectivity index (χ2n) is 7.18. The molecule has 5 rings (SSSR count). The smallest absolute Gasteiger partial charge is 0.256 e. The highest BCUT2D eigenvalue weighted by atomic mass is 32.1. The van der Waals surface area contributed by atoms with Gasteiger partial charge in [-0.3, -0.25) is 9.59 Å². The third-order valence-electron chi connectivity index (χ3n) is 5.14. The van der Waals surface area contributed by atoms with E-state index in [4.69, 9.17) is 0 Å². The fourth-order valence-electron chi connectivity index (χ4n) is 3.45. The van der Waals surface area contributed by atoms with Crippen molar-refractivity contribution in [1.29, 1.82) is 0 Å². The Kier molecular flexibility index (Phi) is 4.51. The van der Waals surface area contributed by atoms with Gasteiger partial charge in [-0.25, -0.2) is 4.68 Å². The first-order valence-corrected chi connectivity index (χ1v) is 10.3. The lowest BCUT2D eigenvalue weighted by atomic mass is 10.0. The molecule has 1 fully saturated rings. The van der Waals surface area contributed by atoms with Gasteiger partial charge in [0, 0.05) is 38.0 Å². The van der Waals surface area contributed by atoms with Crippen LogP contribution in [0.25, 0.3) is 11.1 Å². The van der Waals surface area contributed by atoms with Crippen molar-refractivity contribution in [3.05, 3.63) is 69.3 Å². The maximum absolute atomic E-state index is 13.1. The highest BCUT2D eigenvalue weighted by Gasteiger charge is 2.34. The summed E-state index contributed by atoms with van der Waals surface area (Å²) >= 11 is 1.53. The fraction of sp³-hybridized carbons (Fsp3) is 0.263. The molecule has 10 nitrogen and oxygen atoms in total. The van der Waals surface area contributed by atoms with Gasteiger partial charge in [0.25, 0.3) is 11.5 Å². The van der Waals surface area contributed by atoms with E-state index in [1.807, 2.05) is 23.0 Å². The summed E-state index contributed by atoms with van der Waals surface area (Å²) in [5, 5.41) is 20.3. The van der Waals surface area contributed by atoms with Crippen LogP contribution in [0, 0.1) is 0 Å². The van der Waals surface area contributed by atoms with Gasteiger partial charge in [0.1, 0.15) is 12.2 Å². The number of likely N-dealkylation sites (tertiary alicyclic amines) is 1. The summed E-state index contributed by atoms with van der Waals surface area (Å²) in [7, 11) is 1.65. The summed E-state index contributed by atoms with van der Waals surface area (Å²) in [5.41, 5.74) is 2.69. The van der Waals surface area contributed by atoms with Crippen molar-refractivity contribution in [2.45, 2.75) is 12.6 Å². The molecule has 30 heavy (non-hydrogen) atoms. The van der Waals surface area contributed by atoms with E-state index in [1.165, 1.54) is 26.8 Å². The van der Waals surface area contributed by atoms with E-state index >= 15 is 0 Å². The Labute approximate surface area is 175 Å². The first-order chi connectivity index (χ1) is 14.6. The Hall–Kier alpha value is -3.60. The molecule has 0 saturated carbocycles. The van der Waals surface area contributed by atoms with Gasteiger partial charge in [-0.1, -0.05) is 5.21 Å². The Bertz CT molecular complexity index is 1240. The van der Waals surface area contributed by atoms with E-state index in [2.05, 4.69) is 20.5 Å². The molecule has 152 valence electrons. The Morgan fingerprint density at radius 3 is 2.77 bits per heavy atom. The number of rotatable bonds is 5. The molecule has 0 atom stereocenters. The van der Waals surface area contributed by atoms with Crippen LogP contribution in [-0.4, -0.2) is 58.5 Å². The standard InChI is InChI=1S/C19H18N8O2S/c1-24-11-17(16(6-18(24)28)13-2-5-30-12-13)19(29)25-9-15(10-25)26-7-14(22-23-26)8-27-20-3-4-21-27/h2-7,11-12,15H,8-10H2,1H3. The molecule has 1 amide bonds. The van der Waals surface area contributed by atoms with Crippen LogP contribution in [0.4, 0.5) is 0 Å². The van der Waals surface area contributed by atoms with Crippen molar-refractivity contribution < 1.29 is 4.79 Å². The van der Waals surface area contributed by atoms with Gasteiger partial charge in [-0.2, -0.15) is 26.3 Å². The zero-order valence-electron chi connectivity index (χ0n) is 16.1. The third kappa shape index (κ3) is 3.32. The zero-order chi connectivity index (χ0) is 20.7. The predicted molar refractivity (Wildman–Crippen MR) is 109 cm³/mol. The molecule has 0 bridgehead atoms. The number of carbonyl (C=O) groups is 1. The van der Waals surface area contributed by atoms with Gasteiger partial charge in [0.05, 0.1) is 30.2 Å². The third-order valence-corrected chi connectivity index (χ3v) is 5.83. The molecule has 0 unspecified atom stereocenters. The van der Waals surface area contributed by atoms with Crippen molar-refractivity contribution >= 4 is 17.2 Å². The van der Waals surface area contributed by atoms with Crippen molar-refractivity contribution in [2.24, 2.45) is 7.05 Å². The zero-order valence-corrected chi connectivity index (χ0v) is 16.9. The summed E-state index contributed by atoms with van der Waals surface area (Å²) in [6.07, 6.45) is 6.71. The number of carbonyl (C=O) groups excluding carboxylic acids is 1. The van der Waals surface area contributed by atoms with E-state index in [0.29, 0.717) is 30.8 Å². The summed E-state index contributed by atoms with van der Waals surface area (Å²) in [6, 6.07) is 3.51. The number of nitrogens with zero attached hydrogens (tertiary/aromatic N) is 8. The number of pyridine rings is 1. The lowest BCUT2D eigenvalue weighted by Gasteiger charge is -2.39. The van der Waals surface area contributed by atoms with Crippen LogP contribution in [0.2, 0.25) is 0 Å². The van der Waals surface area contributed by atoms with E-state index in [-0.39, 0.29) is 17.5 Å². The lowest BCUT2D eigenvalue weighted by molar-refractivity contribution is 0.0498. The SMILES string of the molecule is Cn1cc(C(=O)N2CC(n3cc(Cn4nccn4)nn3)C2)c(-c2ccsc2)cc1=O. The minimum absolute atomic E-state index is 0.0675. The summed E-state index contributed by atoms with van der Waals surface area (Å²) in [5.74, 6) is -0.0934. The number of hydrogen-bond acceptors (Lipinski definition) is 7. The van der Waals surface area contributed by atoms with Crippen LogP contribution in [0.3, 0.4) is 0 Å². The highest BCUT2D eigenvalue weighted by molar-refractivity contribution is 7.08. The number of aromatic nitrogens is 7. The maximum Gasteiger partial charge on any atom is 0.256 e. The molecule has 5 heterocycles. The lowest BCUT2D eigenvalue weighted by Crippen LogP contribution is -2.51. The molecule has 1 aliphatic heterocycles. The van der Waals surface area contributed by atoms with Gasteiger partial charge < -0.3 is 9.47 Å². The molecule has 0 spiro atoms. The fourth-order valence-corrected chi connectivity index (χ4v) is 4.11. The molecule has 1 saturated heterocycles.